The molecule has 1 saturated heterocycles. The van der Waals surface area contributed by atoms with Crippen LogP contribution in [0.4, 0.5) is 4.39 Å². The number of halogens is 1. The maximum Gasteiger partial charge on any atom is 0.129 e. The van der Waals surface area contributed by atoms with Gasteiger partial charge in [-0.05, 0) is 20.3 Å². The van der Waals surface area contributed by atoms with Gasteiger partial charge in [0.05, 0.1) is 0 Å². The van der Waals surface area contributed by atoms with Gasteiger partial charge in [-0.25, -0.2) is 4.39 Å². The van der Waals surface area contributed by atoms with Gasteiger partial charge in [-0.15, -0.1) is 0 Å². The van der Waals surface area contributed by atoms with E-state index in [1.807, 2.05) is 0 Å². The Kier molecular flexibility index (Phi) is 3.47. The van der Waals surface area contributed by atoms with Crippen molar-refractivity contribution in [3.8, 4) is 0 Å². The largest absolute Gasteiger partial charge is 0.377 e. The van der Waals surface area contributed by atoms with Crippen molar-refractivity contribution in [3.05, 3.63) is 0 Å². The van der Waals surface area contributed by atoms with Crippen LogP contribution in [0.2, 0.25) is 0 Å². The number of hydrogen-bond acceptors (Lipinski definition) is 2. The van der Waals surface area contributed by atoms with E-state index >= 15 is 0 Å². The first kappa shape index (κ1) is 9.93. The lowest BCUT2D eigenvalue weighted by Crippen LogP contribution is -2.48. The lowest BCUT2D eigenvalue weighted by molar-refractivity contribution is -0.0332. The third kappa shape index (κ3) is 2.17. The van der Waals surface area contributed by atoms with Gasteiger partial charge in [0.1, 0.15) is 12.3 Å². The number of hydrogen-bond donors (Lipinski definition) is 0. The lowest BCUT2D eigenvalue weighted by Gasteiger charge is -2.36. The summed E-state index contributed by atoms with van der Waals surface area (Å²) in [5.41, 5.74) is 0. The molecule has 0 spiro atoms. The number of likely N-dealkylation sites (tertiary alicyclic amines) is 1. The van der Waals surface area contributed by atoms with Crippen LogP contribution in [0.15, 0.2) is 0 Å². The summed E-state index contributed by atoms with van der Waals surface area (Å²) >= 11 is 0. The standard InChI is InChI=1S/C9H18FNO/c1-7(2)11-5-4-8(10)9(6-11)12-3/h7-9H,4-6H2,1-3H3/t8-,9-/m1/s1. The Morgan fingerprint density at radius 3 is 2.67 bits per heavy atom. The second kappa shape index (κ2) is 4.19. The summed E-state index contributed by atoms with van der Waals surface area (Å²) in [5, 5.41) is 0. The van der Waals surface area contributed by atoms with Crippen LogP contribution in [0.5, 0.6) is 0 Å². The van der Waals surface area contributed by atoms with Crippen molar-refractivity contribution in [1.29, 1.82) is 0 Å². The predicted octanol–water partition coefficient (Wildman–Crippen LogP) is 1.45. The van der Waals surface area contributed by atoms with Crippen molar-refractivity contribution in [2.45, 2.75) is 38.6 Å². The number of piperidine rings is 1. The predicted molar refractivity (Wildman–Crippen MR) is 47.0 cm³/mol. The van der Waals surface area contributed by atoms with E-state index in [0.29, 0.717) is 12.5 Å². The van der Waals surface area contributed by atoms with E-state index in [9.17, 15) is 4.39 Å². The molecular formula is C9H18FNO. The number of nitrogens with zero attached hydrogens (tertiary/aromatic N) is 1. The van der Waals surface area contributed by atoms with E-state index in [1.54, 1.807) is 7.11 Å². The summed E-state index contributed by atoms with van der Waals surface area (Å²) in [6.45, 7) is 5.85. The van der Waals surface area contributed by atoms with Crippen LogP contribution in [-0.2, 0) is 4.74 Å². The molecule has 0 unspecified atom stereocenters. The van der Waals surface area contributed by atoms with Crippen molar-refractivity contribution in [2.24, 2.45) is 0 Å². The summed E-state index contributed by atoms with van der Waals surface area (Å²) < 4.78 is 18.2. The quantitative estimate of drug-likeness (QED) is 0.630. The number of alkyl halides is 1. The third-order valence-electron chi connectivity index (χ3n) is 2.54. The van der Waals surface area contributed by atoms with Crippen LogP contribution in [0.25, 0.3) is 0 Å². The fraction of sp³-hybridized carbons (Fsp3) is 1.00. The Morgan fingerprint density at radius 1 is 1.50 bits per heavy atom. The average molecular weight is 175 g/mol. The Morgan fingerprint density at radius 2 is 2.17 bits per heavy atom. The highest BCUT2D eigenvalue weighted by Gasteiger charge is 2.29. The monoisotopic (exact) mass is 175 g/mol. The minimum absolute atomic E-state index is 0.221. The molecule has 0 aromatic rings. The molecule has 2 atom stereocenters. The maximum absolute atomic E-state index is 13.1. The van der Waals surface area contributed by atoms with Gasteiger partial charge >= 0.3 is 0 Å². The minimum atomic E-state index is -0.773. The zero-order valence-electron chi connectivity index (χ0n) is 8.09. The molecular weight excluding hydrogens is 157 g/mol. The molecule has 12 heavy (non-hydrogen) atoms. The molecule has 1 fully saturated rings. The first-order valence-electron chi connectivity index (χ1n) is 4.56. The molecule has 0 aromatic heterocycles. The molecule has 72 valence electrons. The molecule has 3 heteroatoms. The topological polar surface area (TPSA) is 12.5 Å². The Hall–Kier alpha value is -0.150. The molecule has 0 aliphatic carbocycles. The smallest absolute Gasteiger partial charge is 0.129 e. The van der Waals surface area contributed by atoms with Gasteiger partial charge in [0.15, 0.2) is 0 Å². The van der Waals surface area contributed by atoms with Gasteiger partial charge in [-0.1, -0.05) is 0 Å². The Bertz CT molecular complexity index is 140. The molecule has 1 aliphatic rings. The van der Waals surface area contributed by atoms with Crippen molar-refractivity contribution in [1.82, 2.24) is 4.90 Å². The summed E-state index contributed by atoms with van der Waals surface area (Å²) in [7, 11) is 1.58. The fourth-order valence-corrected chi connectivity index (χ4v) is 1.60. The second-order valence-corrected chi connectivity index (χ2v) is 3.67. The zero-order chi connectivity index (χ0) is 9.14. The van der Waals surface area contributed by atoms with Gasteiger partial charge in [0.2, 0.25) is 0 Å². The molecule has 0 saturated carbocycles. The second-order valence-electron chi connectivity index (χ2n) is 3.67. The van der Waals surface area contributed by atoms with Gasteiger partial charge < -0.3 is 4.74 Å². The summed E-state index contributed by atoms with van der Waals surface area (Å²) in [6.07, 6.45) is -0.386. The van der Waals surface area contributed by atoms with Gasteiger partial charge in [-0.3, -0.25) is 4.90 Å². The molecule has 1 heterocycles. The molecule has 1 rings (SSSR count). The van der Waals surface area contributed by atoms with Gasteiger partial charge in [-0.2, -0.15) is 0 Å². The van der Waals surface area contributed by atoms with Crippen molar-refractivity contribution < 1.29 is 9.13 Å². The molecule has 2 nitrogen and oxygen atoms in total. The summed E-state index contributed by atoms with van der Waals surface area (Å²) in [4.78, 5) is 2.25. The fourth-order valence-electron chi connectivity index (χ4n) is 1.60. The van der Waals surface area contributed by atoms with E-state index < -0.39 is 6.17 Å². The highest BCUT2D eigenvalue weighted by atomic mass is 19.1. The third-order valence-corrected chi connectivity index (χ3v) is 2.54. The van der Waals surface area contributed by atoms with Gasteiger partial charge in [0.25, 0.3) is 0 Å². The molecule has 0 N–H and O–H groups in total. The van der Waals surface area contributed by atoms with Crippen LogP contribution < -0.4 is 0 Å². The number of methoxy groups -OCH3 is 1. The molecule has 0 bridgehead atoms. The average Bonchev–Trinajstić information content (AvgIpc) is 2.05. The van der Waals surface area contributed by atoms with Crippen molar-refractivity contribution in [2.75, 3.05) is 20.2 Å². The van der Waals surface area contributed by atoms with Crippen LogP contribution in [0, 0.1) is 0 Å². The number of ether oxygens (including phenoxy) is 1. The summed E-state index contributed by atoms with van der Waals surface area (Å²) in [5.74, 6) is 0. The van der Waals surface area contributed by atoms with Crippen LogP contribution in [0.3, 0.4) is 0 Å². The summed E-state index contributed by atoms with van der Waals surface area (Å²) in [6, 6.07) is 0.496. The van der Waals surface area contributed by atoms with E-state index in [2.05, 4.69) is 18.7 Å². The van der Waals surface area contributed by atoms with Crippen LogP contribution in [-0.4, -0.2) is 43.4 Å². The minimum Gasteiger partial charge on any atom is -0.377 e. The van der Waals surface area contributed by atoms with Crippen molar-refractivity contribution >= 4 is 0 Å². The van der Waals surface area contributed by atoms with Crippen molar-refractivity contribution in [3.63, 3.8) is 0 Å². The lowest BCUT2D eigenvalue weighted by atomic mass is 10.0. The van der Waals surface area contributed by atoms with Gasteiger partial charge in [0, 0.05) is 26.2 Å². The molecule has 0 aromatic carbocycles. The van der Waals surface area contributed by atoms with E-state index in [1.165, 1.54) is 0 Å². The van der Waals surface area contributed by atoms with E-state index in [-0.39, 0.29) is 6.10 Å². The van der Waals surface area contributed by atoms with E-state index in [0.717, 1.165) is 13.1 Å². The molecule has 1 aliphatic heterocycles. The first-order valence-corrected chi connectivity index (χ1v) is 4.56. The molecule has 0 radical (unpaired) electrons. The van der Waals surface area contributed by atoms with Crippen LogP contribution in [0.1, 0.15) is 20.3 Å². The highest BCUT2D eigenvalue weighted by molar-refractivity contribution is 4.82. The van der Waals surface area contributed by atoms with Crippen LogP contribution >= 0.6 is 0 Å². The van der Waals surface area contributed by atoms with E-state index in [4.69, 9.17) is 4.74 Å². The normalized spacial score (nSPS) is 32.8. The number of rotatable bonds is 2. The zero-order valence-corrected chi connectivity index (χ0v) is 8.09. The maximum atomic E-state index is 13.1. The highest BCUT2D eigenvalue weighted by Crippen LogP contribution is 2.18. The molecule has 0 amide bonds. The SMILES string of the molecule is CO[C@@H]1CN(C(C)C)CC[C@H]1F. The Balaban J connectivity index is 2.44. The Labute approximate surface area is 73.7 Å². The first-order chi connectivity index (χ1) is 5.65.